The molecule has 1 fully saturated rings. The zero-order valence-corrected chi connectivity index (χ0v) is 11.9. The van der Waals surface area contributed by atoms with E-state index in [1.807, 2.05) is 18.7 Å². The van der Waals surface area contributed by atoms with Crippen LogP contribution in [0.2, 0.25) is 0 Å². The predicted octanol–water partition coefficient (Wildman–Crippen LogP) is 0.841. The molecule has 0 saturated carbocycles. The van der Waals surface area contributed by atoms with Crippen molar-refractivity contribution in [3.05, 3.63) is 11.4 Å². The second-order valence-electron chi connectivity index (χ2n) is 5.60. The molecule has 0 aromatic carbocycles. The summed E-state index contributed by atoms with van der Waals surface area (Å²) in [5, 5.41) is 17.3. The van der Waals surface area contributed by atoms with Crippen LogP contribution in [0.25, 0.3) is 0 Å². The van der Waals surface area contributed by atoms with E-state index in [0.717, 1.165) is 12.8 Å². The highest BCUT2D eigenvalue weighted by molar-refractivity contribution is 5.93. The summed E-state index contributed by atoms with van der Waals surface area (Å²) in [6.07, 6.45) is 1.67. The molecule has 106 valence electrons. The summed E-state index contributed by atoms with van der Waals surface area (Å²) >= 11 is 0. The third-order valence-electron chi connectivity index (χ3n) is 4.05. The van der Waals surface area contributed by atoms with Crippen LogP contribution in [0.4, 0.5) is 0 Å². The number of rotatable bonds is 3. The Morgan fingerprint density at radius 1 is 1.42 bits per heavy atom. The van der Waals surface area contributed by atoms with Gasteiger partial charge in [-0.3, -0.25) is 4.79 Å². The summed E-state index contributed by atoms with van der Waals surface area (Å²) in [5.41, 5.74) is 1.23. The standard InChI is InChI=1S/C13H22N4O2/c1-4-17-11(10(2)14-15-17)12(19)16-7-5-13(3,9-18)6-8-16/h18H,4-9H2,1-3H3. The number of likely N-dealkylation sites (tertiary alicyclic amines) is 1. The van der Waals surface area contributed by atoms with Crippen LogP contribution in [0.5, 0.6) is 0 Å². The number of hydrogen-bond acceptors (Lipinski definition) is 4. The highest BCUT2D eigenvalue weighted by Gasteiger charge is 2.33. The Bertz CT molecular complexity index is 461. The monoisotopic (exact) mass is 266 g/mol. The van der Waals surface area contributed by atoms with E-state index in [-0.39, 0.29) is 17.9 Å². The lowest BCUT2D eigenvalue weighted by Gasteiger charge is -2.38. The molecule has 6 heteroatoms. The molecular formula is C13H22N4O2. The topological polar surface area (TPSA) is 71.2 Å². The molecule has 2 heterocycles. The SMILES string of the molecule is CCn1nnc(C)c1C(=O)N1CCC(C)(CO)CC1. The van der Waals surface area contributed by atoms with E-state index in [1.54, 1.807) is 4.68 Å². The van der Waals surface area contributed by atoms with E-state index >= 15 is 0 Å². The van der Waals surface area contributed by atoms with Crippen molar-refractivity contribution in [2.24, 2.45) is 5.41 Å². The van der Waals surface area contributed by atoms with Gasteiger partial charge < -0.3 is 10.0 Å². The number of aliphatic hydroxyl groups excluding tert-OH is 1. The minimum absolute atomic E-state index is 0.00402. The van der Waals surface area contributed by atoms with Crippen LogP contribution in [0.1, 0.15) is 42.9 Å². The molecule has 0 spiro atoms. The highest BCUT2D eigenvalue weighted by atomic mass is 16.3. The van der Waals surface area contributed by atoms with Crippen molar-refractivity contribution >= 4 is 5.91 Å². The van der Waals surface area contributed by atoms with E-state index in [9.17, 15) is 9.90 Å². The minimum atomic E-state index is -0.0466. The number of carbonyl (C=O) groups is 1. The first kappa shape index (κ1) is 14.0. The Hall–Kier alpha value is -1.43. The molecule has 0 atom stereocenters. The van der Waals surface area contributed by atoms with Gasteiger partial charge in [-0.1, -0.05) is 12.1 Å². The first-order chi connectivity index (χ1) is 9.00. The van der Waals surface area contributed by atoms with E-state index < -0.39 is 0 Å². The van der Waals surface area contributed by atoms with Crippen molar-refractivity contribution in [3.8, 4) is 0 Å². The van der Waals surface area contributed by atoms with E-state index in [2.05, 4.69) is 17.2 Å². The maximum atomic E-state index is 12.5. The second-order valence-corrected chi connectivity index (χ2v) is 5.60. The fraction of sp³-hybridized carbons (Fsp3) is 0.769. The number of piperidine rings is 1. The quantitative estimate of drug-likeness (QED) is 0.880. The van der Waals surface area contributed by atoms with E-state index in [1.165, 1.54) is 0 Å². The third kappa shape index (κ3) is 2.63. The van der Waals surface area contributed by atoms with Crippen molar-refractivity contribution in [1.82, 2.24) is 19.9 Å². The summed E-state index contributed by atoms with van der Waals surface area (Å²) in [6.45, 7) is 8.02. The number of nitrogens with zero attached hydrogens (tertiary/aromatic N) is 4. The summed E-state index contributed by atoms with van der Waals surface area (Å²) in [6, 6.07) is 0. The molecule has 1 aliphatic heterocycles. The molecule has 2 rings (SSSR count). The third-order valence-corrected chi connectivity index (χ3v) is 4.05. The Balaban J connectivity index is 2.11. The summed E-state index contributed by atoms with van der Waals surface area (Å²) in [4.78, 5) is 14.4. The van der Waals surface area contributed by atoms with Crippen molar-refractivity contribution in [2.75, 3.05) is 19.7 Å². The van der Waals surface area contributed by atoms with Gasteiger partial charge in [-0.15, -0.1) is 5.10 Å². The second kappa shape index (κ2) is 5.28. The van der Waals surface area contributed by atoms with Crippen molar-refractivity contribution in [1.29, 1.82) is 0 Å². The number of amides is 1. The number of aryl methyl sites for hydroxylation is 2. The van der Waals surface area contributed by atoms with Crippen LogP contribution in [0.15, 0.2) is 0 Å². The maximum absolute atomic E-state index is 12.5. The zero-order valence-electron chi connectivity index (χ0n) is 11.9. The van der Waals surface area contributed by atoms with Crippen molar-refractivity contribution in [3.63, 3.8) is 0 Å². The van der Waals surface area contributed by atoms with Gasteiger partial charge >= 0.3 is 0 Å². The molecule has 1 aromatic rings. The number of hydrogen-bond donors (Lipinski definition) is 1. The molecule has 0 radical (unpaired) electrons. The Labute approximate surface area is 113 Å². The van der Waals surface area contributed by atoms with Gasteiger partial charge in [-0.2, -0.15) is 0 Å². The van der Waals surface area contributed by atoms with Crippen LogP contribution in [0.3, 0.4) is 0 Å². The van der Waals surface area contributed by atoms with Crippen LogP contribution >= 0.6 is 0 Å². The molecule has 0 aliphatic carbocycles. The van der Waals surface area contributed by atoms with Gasteiger partial charge in [0.2, 0.25) is 0 Å². The Morgan fingerprint density at radius 3 is 2.58 bits per heavy atom. The first-order valence-corrected chi connectivity index (χ1v) is 6.81. The number of carbonyl (C=O) groups excluding carboxylic acids is 1. The van der Waals surface area contributed by atoms with Gasteiger partial charge in [0.15, 0.2) is 0 Å². The van der Waals surface area contributed by atoms with Crippen molar-refractivity contribution in [2.45, 2.75) is 40.2 Å². The molecule has 1 saturated heterocycles. The molecule has 1 N–H and O–H groups in total. The number of aromatic nitrogens is 3. The van der Waals surface area contributed by atoms with E-state index in [0.29, 0.717) is 31.0 Å². The molecule has 0 unspecified atom stereocenters. The summed E-state index contributed by atoms with van der Waals surface area (Å²) in [5.74, 6) is 0.00402. The lowest BCUT2D eigenvalue weighted by Crippen LogP contribution is -2.44. The average molecular weight is 266 g/mol. The van der Waals surface area contributed by atoms with Gasteiger partial charge in [0.05, 0.1) is 5.69 Å². The summed E-state index contributed by atoms with van der Waals surface area (Å²) in [7, 11) is 0. The van der Waals surface area contributed by atoms with Gasteiger partial charge in [-0.05, 0) is 32.1 Å². The zero-order chi connectivity index (χ0) is 14.0. The molecule has 1 amide bonds. The van der Waals surface area contributed by atoms with Crippen molar-refractivity contribution < 1.29 is 9.90 Å². The minimum Gasteiger partial charge on any atom is -0.396 e. The summed E-state index contributed by atoms with van der Waals surface area (Å²) < 4.78 is 1.65. The molecule has 1 aliphatic rings. The average Bonchev–Trinajstić information content (AvgIpc) is 2.80. The van der Waals surface area contributed by atoms with Gasteiger partial charge in [-0.25, -0.2) is 4.68 Å². The lowest BCUT2D eigenvalue weighted by molar-refractivity contribution is 0.0430. The molecule has 6 nitrogen and oxygen atoms in total. The van der Waals surface area contributed by atoms with Gasteiger partial charge in [0, 0.05) is 26.2 Å². The van der Waals surface area contributed by atoms with Crippen LogP contribution in [0, 0.1) is 12.3 Å². The molecule has 0 bridgehead atoms. The lowest BCUT2D eigenvalue weighted by atomic mass is 9.81. The van der Waals surface area contributed by atoms with Crippen LogP contribution < -0.4 is 0 Å². The smallest absolute Gasteiger partial charge is 0.274 e. The number of aliphatic hydroxyl groups is 1. The van der Waals surface area contributed by atoms with Crippen LogP contribution in [-0.4, -0.2) is 50.6 Å². The molecule has 19 heavy (non-hydrogen) atoms. The molecular weight excluding hydrogens is 244 g/mol. The molecule has 1 aromatic heterocycles. The van der Waals surface area contributed by atoms with Gasteiger partial charge in [0.1, 0.15) is 5.69 Å². The highest BCUT2D eigenvalue weighted by Crippen LogP contribution is 2.30. The van der Waals surface area contributed by atoms with Gasteiger partial charge in [0.25, 0.3) is 5.91 Å². The first-order valence-electron chi connectivity index (χ1n) is 6.81. The fourth-order valence-corrected chi connectivity index (χ4v) is 2.44. The fourth-order valence-electron chi connectivity index (χ4n) is 2.44. The maximum Gasteiger partial charge on any atom is 0.274 e. The predicted molar refractivity (Wildman–Crippen MR) is 70.8 cm³/mol. The normalized spacial score (nSPS) is 18.6. The Morgan fingerprint density at radius 2 is 2.05 bits per heavy atom. The van der Waals surface area contributed by atoms with Crippen LogP contribution in [-0.2, 0) is 6.54 Å². The largest absolute Gasteiger partial charge is 0.396 e. The Kier molecular flexibility index (Phi) is 3.89. The van der Waals surface area contributed by atoms with E-state index in [4.69, 9.17) is 0 Å².